The Kier molecular flexibility index (Phi) is 3.77. The van der Waals surface area contributed by atoms with Gasteiger partial charge in [-0.2, -0.15) is 0 Å². The third-order valence-electron chi connectivity index (χ3n) is 1.82. The third kappa shape index (κ3) is 2.91. The molecule has 1 amide bonds. The monoisotopic (exact) mass is 223 g/mol. The average Bonchev–Trinajstić information content (AvgIpc) is 2.21. The van der Waals surface area contributed by atoms with Crippen LogP contribution in [0.15, 0.2) is 30.9 Å². The number of hydrogen-bond acceptors (Lipinski definition) is 2. The molecule has 0 spiro atoms. The van der Waals surface area contributed by atoms with Gasteiger partial charge in [-0.25, -0.2) is 9.18 Å². The van der Waals surface area contributed by atoms with Crippen molar-refractivity contribution in [1.29, 1.82) is 0 Å². The lowest BCUT2D eigenvalue weighted by Crippen LogP contribution is -2.12. The topological polar surface area (TPSA) is 66.4 Å². The largest absolute Gasteiger partial charge is 0.478 e. The molecule has 0 atom stereocenters. The molecule has 0 bridgehead atoms. The molecule has 0 aliphatic carbocycles. The smallest absolute Gasteiger partial charge is 0.335 e. The molecule has 0 saturated heterocycles. The number of benzene rings is 1. The molecule has 0 aliphatic heterocycles. The maximum absolute atomic E-state index is 13.2. The minimum absolute atomic E-state index is 0.0384. The fourth-order valence-corrected chi connectivity index (χ4v) is 1.09. The number of carbonyl (C=O) groups is 2. The number of anilines is 1. The first-order chi connectivity index (χ1) is 7.54. The first-order valence-corrected chi connectivity index (χ1v) is 4.48. The molecule has 0 saturated carbocycles. The second kappa shape index (κ2) is 5.06. The molecule has 0 aliphatic rings. The van der Waals surface area contributed by atoms with Gasteiger partial charge in [0.1, 0.15) is 5.82 Å². The fourth-order valence-electron chi connectivity index (χ4n) is 1.09. The quantitative estimate of drug-likeness (QED) is 0.767. The lowest BCUT2D eigenvalue weighted by molar-refractivity contribution is -0.115. The Morgan fingerprint density at radius 2 is 2.19 bits per heavy atom. The summed E-state index contributed by atoms with van der Waals surface area (Å²) in [6.07, 6.45) is 1.41. The Bertz CT molecular complexity index is 443. The molecule has 5 heteroatoms. The zero-order valence-corrected chi connectivity index (χ0v) is 8.37. The van der Waals surface area contributed by atoms with Gasteiger partial charge in [-0.15, -0.1) is 6.58 Å². The van der Waals surface area contributed by atoms with E-state index in [2.05, 4.69) is 11.9 Å². The molecule has 0 unspecified atom stereocenters. The van der Waals surface area contributed by atoms with E-state index in [0.717, 1.165) is 18.2 Å². The highest BCUT2D eigenvalue weighted by atomic mass is 19.1. The SMILES string of the molecule is C=CCC(=O)Nc1cc(C(=O)O)ccc1F. The van der Waals surface area contributed by atoms with Gasteiger partial charge in [-0.3, -0.25) is 4.79 Å². The van der Waals surface area contributed by atoms with Gasteiger partial charge in [0.25, 0.3) is 0 Å². The lowest BCUT2D eigenvalue weighted by Gasteiger charge is -2.05. The molecule has 4 nitrogen and oxygen atoms in total. The summed E-state index contributed by atoms with van der Waals surface area (Å²) in [5, 5.41) is 10.9. The first kappa shape index (κ1) is 11.9. The van der Waals surface area contributed by atoms with Crippen molar-refractivity contribution in [3.63, 3.8) is 0 Å². The molecule has 1 aromatic carbocycles. The predicted octanol–water partition coefficient (Wildman–Crippen LogP) is 2.04. The summed E-state index contributed by atoms with van der Waals surface area (Å²) >= 11 is 0. The van der Waals surface area contributed by atoms with E-state index >= 15 is 0 Å². The molecule has 16 heavy (non-hydrogen) atoms. The molecule has 0 radical (unpaired) electrons. The number of amides is 1. The summed E-state index contributed by atoms with van der Waals surface area (Å²) in [6.45, 7) is 3.36. The van der Waals surface area contributed by atoms with E-state index in [0.29, 0.717) is 0 Å². The molecule has 0 fully saturated rings. The van der Waals surface area contributed by atoms with Crippen molar-refractivity contribution in [3.05, 3.63) is 42.2 Å². The second-order valence-corrected chi connectivity index (χ2v) is 3.04. The summed E-state index contributed by atoms with van der Waals surface area (Å²) in [5.74, 6) is -2.31. The number of hydrogen-bond donors (Lipinski definition) is 2. The number of carboxylic acid groups (broad SMARTS) is 1. The number of halogens is 1. The average molecular weight is 223 g/mol. The highest BCUT2D eigenvalue weighted by molar-refractivity contribution is 5.94. The molecule has 0 heterocycles. The van der Waals surface area contributed by atoms with Crippen LogP contribution in [0.2, 0.25) is 0 Å². The van der Waals surface area contributed by atoms with Gasteiger partial charge in [-0.05, 0) is 18.2 Å². The minimum Gasteiger partial charge on any atom is -0.478 e. The Balaban J connectivity index is 2.94. The van der Waals surface area contributed by atoms with Gasteiger partial charge in [0, 0.05) is 6.42 Å². The van der Waals surface area contributed by atoms with Gasteiger partial charge in [0.15, 0.2) is 0 Å². The van der Waals surface area contributed by atoms with E-state index in [9.17, 15) is 14.0 Å². The summed E-state index contributed by atoms with van der Waals surface area (Å²) in [6, 6.07) is 3.19. The normalized spacial score (nSPS) is 9.56. The predicted molar refractivity (Wildman–Crippen MR) is 56.8 cm³/mol. The van der Waals surface area contributed by atoms with Crippen molar-refractivity contribution in [2.45, 2.75) is 6.42 Å². The van der Waals surface area contributed by atoms with Crippen LogP contribution in [-0.2, 0) is 4.79 Å². The van der Waals surface area contributed by atoms with Crippen LogP contribution in [0.1, 0.15) is 16.8 Å². The summed E-state index contributed by atoms with van der Waals surface area (Å²) in [4.78, 5) is 21.8. The van der Waals surface area contributed by atoms with Crippen molar-refractivity contribution >= 4 is 17.6 Å². The minimum atomic E-state index is -1.18. The lowest BCUT2D eigenvalue weighted by atomic mass is 10.2. The molecule has 0 aromatic heterocycles. The highest BCUT2D eigenvalue weighted by Gasteiger charge is 2.10. The molecular formula is C11H10FNO3. The standard InChI is InChI=1S/C11H10FNO3/c1-2-3-10(14)13-9-6-7(11(15)16)4-5-8(9)12/h2,4-6H,1,3H2,(H,13,14)(H,15,16). The summed E-state index contributed by atoms with van der Waals surface area (Å²) < 4.78 is 13.2. The van der Waals surface area contributed by atoms with Crippen molar-refractivity contribution < 1.29 is 19.1 Å². The maximum atomic E-state index is 13.2. The van der Waals surface area contributed by atoms with Crippen LogP contribution in [0.3, 0.4) is 0 Å². The summed E-state index contributed by atoms with van der Waals surface area (Å²) in [7, 11) is 0. The molecule has 2 N–H and O–H groups in total. The van der Waals surface area contributed by atoms with Gasteiger partial charge in [0.2, 0.25) is 5.91 Å². The van der Waals surface area contributed by atoms with Crippen LogP contribution >= 0.6 is 0 Å². The number of rotatable bonds is 4. The van der Waals surface area contributed by atoms with Crippen LogP contribution in [0.25, 0.3) is 0 Å². The number of carboxylic acids is 1. The second-order valence-electron chi connectivity index (χ2n) is 3.04. The Morgan fingerprint density at radius 3 is 2.75 bits per heavy atom. The summed E-state index contributed by atoms with van der Waals surface area (Å²) in [5.41, 5.74) is -0.234. The van der Waals surface area contributed by atoms with E-state index in [4.69, 9.17) is 5.11 Å². The van der Waals surface area contributed by atoms with Crippen LogP contribution in [0.4, 0.5) is 10.1 Å². The van der Waals surface area contributed by atoms with Crippen molar-refractivity contribution in [3.8, 4) is 0 Å². The molecule has 84 valence electrons. The van der Waals surface area contributed by atoms with Crippen molar-refractivity contribution in [1.82, 2.24) is 0 Å². The van der Waals surface area contributed by atoms with Gasteiger partial charge >= 0.3 is 5.97 Å². The highest BCUT2D eigenvalue weighted by Crippen LogP contribution is 2.16. The van der Waals surface area contributed by atoms with Crippen LogP contribution in [0, 0.1) is 5.82 Å². The van der Waals surface area contributed by atoms with E-state index < -0.39 is 17.7 Å². The Labute approximate surface area is 91.4 Å². The zero-order chi connectivity index (χ0) is 12.1. The van der Waals surface area contributed by atoms with Crippen LogP contribution in [0.5, 0.6) is 0 Å². The van der Waals surface area contributed by atoms with E-state index in [-0.39, 0.29) is 17.7 Å². The Morgan fingerprint density at radius 1 is 1.50 bits per heavy atom. The van der Waals surface area contributed by atoms with Gasteiger partial charge in [0.05, 0.1) is 11.3 Å². The van der Waals surface area contributed by atoms with Gasteiger partial charge < -0.3 is 10.4 Å². The van der Waals surface area contributed by atoms with E-state index in [1.165, 1.54) is 6.08 Å². The Hall–Kier alpha value is -2.17. The molecular weight excluding hydrogens is 213 g/mol. The zero-order valence-electron chi connectivity index (χ0n) is 8.37. The van der Waals surface area contributed by atoms with E-state index in [1.54, 1.807) is 0 Å². The third-order valence-corrected chi connectivity index (χ3v) is 1.82. The number of carbonyl (C=O) groups excluding carboxylic acids is 1. The van der Waals surface area contributed by atoms with Crippen molar-refractivity contribution in [2.75, 3.05) is 5.32 Å². The van der Waals surface area contributed by atoms with Crippen LogP contribution in [-0.4, -0.2) is 17.0 Å². The van der Waals surface area contributed by atoms with Gasteiger partial charge in [-0.1, -0.05) is 6.08 Å². The van der Waals surface area contributed by atoms with Crippen LogP contribution < -0.4 is 5.32 Å². The van der Waals surface area contributed by atoms with Crippen molar-refractivity contribution in [2.24, 2.45) is 0 Å². The number of aromatic carboxylic acids is 1. The fraction of sp³-hybridized carbons (Fsp3) is 0.0909. The molecule has 1 rings (SSSR count). The maximum Gasteiger partial charge on any atom is 0.335 e. The van der Waals surface area contributed by atoms with E-state index in [1.807, 2.05) is 0 Å². The first-order valence-electron chi connectivity index (χ1n) is 4.48. The molecule has 1 aromatic rings. The number of nitrogens with one attached hydrogen (secondary N) is 1.